The van der Waals surface area contributed by atoms with Crippen LogP contribution >= 0.6 is 11.8 Å². The number of carboxylic acids is 1. The van der Waals surface area contributed by atoms with Gasteiger partial charge in [-0.2, -0.15) is 11.8 Å². The Labute approximate surface area is 179 Å². The highest BCUT2D eigenvalue weighted by atomic mass is 32.2. The highest BCUT2D eigenvalue weighted by Gasteiger charge is 2.32. The van der Waals surface area contributed by atoms with Gasteiger partial charge in [0.25, 0.3) is 0 Å². The summed E-state index contributed by atoms with van der Waals surface area (Å²) < 4.78 is 5.69. The Morgan fingerprint density at radius 3 is 2.07 bits per heavy atom. The van der Waals surface area contributed by atoms with Crippen molar-refractivity contribution >= 4 is 23.8 Å². The van der Waals surface area contributed by atoms with Crippen molar-refractivity contribution in [2.45, 2.75) is 17.9 Å². The fourth-order valence-corrected chi connectivity index (χ4v) is 4.57. The van der Waals surface area contributed by atoms with E-state index in [2.05, 4.69) is 5.32 Å². The number of hydrogen-bond acceptors (Lipinski definition) is 4. The van der Waals surface area contributed by atoms with Gasteiger partial charge < -0.3 is 15.2 Å². The van der Waals surface area contributed by atoms with Gasteiger partial charge in [-0.3, -0.25) is 0 Å². The third-order valence-electron chi connectivity index (χ3n) is 4.99. The topological polar surface area (TPSA) is 75.6 Å². The third-order valence-corrected chi connectivity index (χ3v) is 6.09. The summed E-state index contributed by atoms with van der Waals surface area (Å²) in [6.45, 7) is 0. The molecular formula is C24H21NO4S. The van der Waals surface area contributed by atoms with Crippen molar-refractivity contribution in [1.82, 2.24) is 5.32 Å². The number of carbonyl (C=O) groups is 2. The first-order valence-corrected chi connectivity index (χ1v) is 10.8. The van der Waals surface area contributed by atoms with E-state index >= 15 is 0 Å². The van der Waals surface area contributed by atoms with E-state index in [1.165, 1.54) is 11.8 Å². The number of rotatable bonds is 7. The smallest absolute Gasteiger partial charge is 0.408 e. The molecule has 1 aliphatic rings. The maximum Gasteiger partial charge on any atom is 0.408 e. The molecule has 3 aromatic carbocycles. The molecule has 0 saturated heterocycles. The standard InChI is InChI=1S/C24H21NO4S/c26-23(27)21(15-30-14-16-8-2-1-3-9-16)25-24(28)29-22-19-12-6-4-10-17(19)18-11-5-7-13-20(18)22/h1-13,21-22H,14-15H2,(H,25,28)(H,26,27)/t21-/m0/s1. The lowest BCUT2D eigenvalue weighted by Gasteiger charge is -2.18. The second kappa shape index (κ2) is 9.05. The summed E-state index contributed by atoms with van der Waals surface area (Å²) in [4.78, 5) is 24.2. The largest absolute Gasteiger partial charge is 0.480 e. The van der Waals surface area contributed by atoms with Crippen LogP contribution in [0.15, 0.2) is 78.9 Å². The molecule has 1 amide bonds. The molecule has 3 aromatic rings. The van der Waals surface area contributed by atoms with Crippen LogP contribution in [0, 0.1) is 0 Å². The van der Waals surface area contributed by atoms with Gasteiger partial charge >= 0.3 is 12.1 Å². The van der Waals surface area contributed by atoms with E-state index in [4.69, 9.17) is 4.74 Å². The molecule has 0 spiro atoms. The number of thioether (sulfide) groups is 1. The average Bonchev–Trinajstić information content (AvgIpc) is 3.08. The zero-order valence-corrected chi connectivity index (χ0v) is 17.0. The second-order valence-corrected chi connectivity index (χ2v) is 8.03. The Kier molecular flexibility index (Phi) is 6.05. The number of alkyl carbamates (subject to hydrolysis) is 1. The highest BCUT2D eigenvalue weighted by molar-refractivity contribution is 7.98. The van der Waals surface area contributed by atoms with Crippen LogP contribution < -0.4 is 5.32 Å². The number of carbonyl (C=O) groups excluding carboxylic acids is 1. The summed E-state index contributed by atoms with van der Waals surface area (Å²) in [6.07, 6.45) is -1.29. The van der Waals surface area contributed by atoms with Crippen molar-refractivity contribution in [2.24, 2.45) is 0 Å². The number of fused-ring (bicyclic) bond motifs is 3. The third kappa shape index (κ3) is 4.33. The van der Waals surface area contributed by atoms with Gasteiger partial charge in [0.15, 0.2) is 6.10 Å². The predicted octanol–water partition coefficient (Wildman–Crippen LogP) is 4.87. The van der Waals surface area contributed by atoms with Crippen molar-refractivity contribution in [3.63, 3.8) is 0 Å². The molecule has 5 nitrogen and oxygen atoms in total. The van der Waals surface area contributed by atoms with E-state index in [9.17, 15) is 14.7 Å². The molecule has 1 atom stereocenters. The van der Waals surface area contributed by atoms with E-state index < -0.39 is 24.2 Å². The fourth-order valence-electron chi connectivity index (χ4n) is 3.56. The molecule has 0 saturated carbocycles. The van der Waals surface area contributed by atoms with Crippen molar-refractivity contribution in [1.29, 1.82) is 0 Å². The zero-order chi connectivity index (χ0) is 20.9. The van der Waals surface area contributed by atoms with Crippen LogP contribution in [0.5, 0.6) is 0 Å². The van der Waals surface area contributed by atoms with Gasteiger partial charge in [-0.25, -0.2) is 9.59 Å². The average molecular weight is 420 g/mol. The summed E-state index contributed by atoms with van der Waals surface area (Å²) >= 11 is 1.45. The normalized spacial score (nSPS) is 13.2. The molecule has 4 rings (SSSR count). The van der Waals surface area contributed by atoms with Gasteiger partial charge in [0, 0.05) is 22.6 Å². The Bertz CT molecular complexity index is 1010. The first-order chi connectivity index (χ1) is 14.6. The monoisotopic (exact) mass is 419 g/mol. The Hall–Kier alpha value is -3.25. The van der Waals surface area contributed by atoms with Crippen LogP contribution in [-0.4, -0.2) is 29.0 Å². The van der Waals surface area contributed by atoms with Crippen molar-refractivity contribution < 1.29 is 19.4 Å². The Morgan fingerprint density at radius 1 is 0.900 bits per heavy atom. The van der Waals surface area contributed by atoms with E-state index in [0.29, 0.717) is 5.75 Å². The zero-order valence-electron chi connectivity index (χ0n) is 16.2. The number of amides is 1. The molecule has 0 radical (unpaired) electrons. The quantitative estimate of drug-likeness (QED) is 0.571. The first kappa shape index (κ1) is 20.0. The van der Waals surface area contributed by atoms with Crippen molar-refractivity contribution in [3.05, 3.63) is 95.6 Å². The van der Waals surface area contributed by atoms with Gasteiger partial charge in [0.05, 0.1) is 0 Å². The highest BCUT2D eigenvalue weighted by Crippen LogP contribution is 2.44. The molecule has 30 heavy (non-hydrogen) atoms. The lowest BCUT2D eigenvalue weighted by atomic mass is 10.1. The second-order valence-electron chi connectivity index (χ2n) is 7.00. The molecule has 0 unspecified atom stereocenters. The molecule has 2 N–H and O–H groups in total. The molecule has 0 fully saturated rings. The maximum atomic E-state index is 12.6. The Balaban J connectivity index is 1.41. The first-order valence-electron chi connectivity index (χ1n) is 9.63. The molecule has 6 heteroatoms. The number of benzene rings is 3. The van der Waals surface area contributed by atoms with Crippen molar-refractivity contribution in [2.75, 3.05) is 5.75 Å². The summed E-state index contributed by atoms with van der Waals surface area (Å²) in [5.74, 6) is -0.165. The molecule has 0 bridgehead atoms. The molecular weight excluding hydrogens is 398 g/mol. The van der Waals surface area contributed by atoms with E-state index in [1.807, 2.05) is 78.9 Å². The van der Waals surface area contributed by atoms with Crippen LogP contribution in [-0.2, 0) is 15.3 Å². The van der Waals surface area contributed by atoms with Crippen LogP contribution in [0.4, 0.5) is 4.79 Å². The lowest BCUT2D eigenvalue weighted by molar-refractivity contribution is -0.138. The minimum absolute atomic E-state index is 0.247. The van der Waals surface area contributed by atoms with Gasteiger partial charge in [-0.15, -0.1) is 0 Å². The number of carboxylic acid groups (broad SMARTS) is 1. The van der Waals surface area contributed by atoms with E-state index in [-0.39, 0.29) is 5.75 Å². The Morgan fingerprint density at radius 2 is 1.47 bits per heavy atom. The summed E-state index contributed by atoms with van der Waals surface area (Å²) in [7, 11) is 0. The number of hydrogen-bond donors (Lipinski definition) is 2. The minimum Gasteiger partial charge on any atom is -0.480 e. The summed E-state index contributed by atoms with van der Waals surface area (Å²) in [5.41, 5.74) is 4.96. The van der Waals surface area contributed by atoms with Crippen LogP contribution in [0.25, 0.3) is 11.1 Å². The van der Waals surface area contributed by atoms with Crippen LogP contribution in [0.2, 0.25) is 0 Å². The van der Waals surface area contributed by atoms with Gasteiger partial charge in [0.1, 0.15) is 6.04 Å². The van der Waals surface area contributed by atoms with Gasteiger partial charge in [-0.05, 0) is 16.7 Å². The number of nitrogens with one attached hydrogen (secondary N) is 1. The van der Waals surface area contributed by atoms with Crippen LogP contribution in [0.1, 0.15) is 22.8 Å². The molecule has 0 aliphatic heterocycles. The van der Waals surface area contributed by atoms with Crippen LogP contribution in [0.3, 0.4) is 0 Å². The summed E-state index contributed by atoms with van der Waals surface area (Å²) in [6, 6.07) is 24.3. The lowest BCUT2D eigenvalue weighted by Crippen LogP contribution is -2.43. The SMILES string of the molecule is O=C(N[C@@H](CSCc1ccccc1)C(=O)O)OC1c2ccccc2-c2ccccc21. The predicted molar refractivity (Wildman–Crippen MR) is 117 cm³/mol. The maximum absolute atomic E-state index is 12.6. The van der Waals surface area contributed by atoms with E-state index in [0.717, 1.165) is 27.8 Å². The molecule has 1 aliphatic carbocycles. The van der Waals surface area contributed by atoms with Crippen molar-refractivity contribution in [3.8, 4) is 11.1 Å². The number of aliphatic carboxylic acids is 1. The van der Waals surface area contributed by atoms with Gasteiger partial charge in [-0.1, -0.05) is 78.9 Å². The summed E-state index contributed by atoms with van der Waals surface area (Å²) in [5, 5.41) is 12.0. The molecule has 0 heterocycles. The van der Waals surface area contributed by atoms with E-state index in [1.54, 1.807) is 0 Å². The fraction of sp³-hybridized carbons (Fsp3) is 0.167. The number of ether oxygens (including phenoxy) is 1. The van der Waals surface area contributed by atoms with Gasteiger partial charge in [0.2, 0.25) is 0 Å². The molecule has 152 valence electrons. The minimum atomic E-state index is -1.08. The molecule has 0 aromatic heterocycles.